The van der Waals surface area contributed by atoms with Crippen LogP contribution in [0, 0.1) is 20.8 Å². The van der Waals surface area contributed by atoms with Crippen molar-refractivity contribution in [2.24, 2.45) is 0 Å². The molecule has 0 atom stereocenters. The van der Waals surface area contributed by atoms with Crippen LogP contribution in [0.5, 0.6) is 0 Å². The number of hydrogen-bond donors (Lipinski definition) is 2. The van der Waals surface area contributed by atoms with E-state index in [-0.39, 0.29) is 22.4 Å². The van der Waals surface area contributed by atoms with Gasteiger partial charge in [0.2, 0.25) is 0 Å². The minimum absolute atomic E-state index is 0.0732. The number of carbonyl (C=O) groups is 2. The number of aryl methyl sites for hydroxylation is 3. The summed E-state index contributed by atoms with van der Waals surface area (Å²) >= 11 is 2.23. The van der Waals surface area contributed by atoms with Crippen molar-refractivity contribution in [2.45, 2.75) is 38.8 Å². The smallest absolute Gasteiger partial charge is 0.321 e. The lowest BCUT2D eigenvalue weighted by Crippen LogP contribution is -2.50. The summed E-state index contributed by atoms with van der Waals surface area (Å²) in [6.45, 7) is 4.00. The number of thiophene rings is 1. The summed E-state index contributed by atoms with van der Waals surface area (Å²) < 4.78 is 93.6. The molecule has 0 fully saturated rings. The first kappa shape index (κ1) is 30.2. The zero-order valence-electron chi connectivity index (χ0n) is 21.4. The second-order valence-corrected chi connectivity index (χ2v) is 11.0. The first-order valence-corrected chi connectivity index (χ1v) is 13.4. The van der Waals surface area contributed by atoms with E-state index in [0.717, 1.165) is 30.7 Å². The van der Waals surface area contributed by atoms with Crippen molar-refractivity contribution in [1.29, 1.82) is 0 Å². The summed E-state index contributed by atoms with van der Waals surface area (Å²) in [5.41, 5.74) is -6.27. The largest absolute Gasteiger partial charge is 0.435 e. The number of anilines is 2. The van der Waals surface area contributed by atoms with Gasteiger partial charge in [-0.1, -0.05) is 42.5 Å². The second-order valence-electron chi connectivity index (χ2n) is 9.05. The summed E-state index contributed by atoms with van der Waals surface area (Å²) in [7, 11) is 0. The normalized spacial score (nSPS) is 12.3. The van der Waals surface area contributed by atoms with E-state index in [0.29, 0.717) is 32.7 Å². The van der Waals surface area contributed by atoms with Crippen LogP contribution in [0.4, 0.5) is 41.4 Å². The summed E-state index contributed by atoms with van der Waals surface area (Å²) in [4.78, 5) is 30.5. The van der Waals surface area contributed by atoms with Gasteiger partial charge in [0.1, 0.15) is 9.88 Å². The summed E-state index contributed by atoms with van der Waals surface area (Å²) in [6.07, 6.45) is -12.5. The molecule has 5 nitrogen and oxygen atoms in total. The highest BCUT2D eigenvalue weighted by Gasteiger charge is 2.73. The van der Waals surface area contributed by atoms with Crippen molar-refractivity contribution in [3.8, 4) is 10.6 Å². The number of amides is 2. The number of carbonyl (C=O) groups excluding carboxylic acids is 2. The zero-order chi connectivity index (χ0) is 30.3. The van der Waals surface area contributed by atoms with Crippen LogP contribution < -0.4 is 10.6 Å². The topological polar surface area (TPSA) is 71.1 Å². The predicted octanol–water partition coefficient (Wildman–Crippen LogP) is 8.59. The summed E-state index contributed by atoms with van der Waals surface area (Å²) in [5, 5.41) is 7.53. The minimum atomic E-state index is -6.26. The number of halogens is 7. The monoisotopic (exact) mass is 615 g/mol. The molecule has 4 aromatic rings. The maximum atomic E-state index is 14.5. The summed E-state index contributed by atoms with van der Waals surface area (Å²) in [6, 6.07) is 11.5. The van der Waals surface area contributed by atoms with Gasteiger partial charge in [-0.2, -0.15) is 26.3 Å². The fraction of sp³-hybridized carbons (Fsp3) is 0.222. The number of alkyl halides is 7. The van der Waals surface area contributed by atoms with Gasteiger partial charge in [0, 0.05) is 22.2 Å². The Kier molecular flexibility index (Phi) is 8.02. The van der Waals surface area contributed by atoms with Gasteiger partial charge in [0.15, 0.2) is 0 Å². The zero-order valence-corrected chi connectivity index (χ0v) is 23.1. The van der Waals surface area contributed by atoms with Gasteiger partial charge < -0.3 is 10.6 Å². The Bertz CT molecular complexity index is 1570. The molecule has 2 heterocycles. The van der Waals surface area contributed by atoms with Gasteiger partial charge >= 0.3 is 18.0 Å². The molecule has 0 aliphatic heterocycles. The number of rotatable bonds is 6. The number of benzene rings is 2. The third-order valence-corrected chi connectivity index (χ3v) is 8.12. The van der Waals surface area contributed by atoms with Crippen molar-refractivity contribution < 1.29 is 40.3 Å². The van der Waals surface area contributed by atoms with Crippen molar-refractivity contribution in [1.82, 2.24) is 4.98 Å². The van der Waals surface area contributed by atoms with Gasteiger partial charge in [0.05, 0.1) is 16.3 Å². The molecule has 0 bridgehead atoms. The first-order valence-electron chi connectivity index (χ1n) is 11.7. The SMILES string of the molecule is Cc1cc(C(F)(C(F)(F)F)C(F)(F)F)cc(C)c1NC(=O)c1csc(NC(=O)c2sc(-c3ccccc3)nc2C)c1. The molecular formula is C27H20F7N3O2S2. The summed E-state index contributed by atoms with van der Waals surface area (Å²) in [5.74, 6) is -1.18. The number of aromatic nitrogens is 1. The highest BCUT2D eigenvalue weighted by atomic mass is 32.1. The van der Waals surface area contributed by atoms with Crippen molar-refractivity contribution >= 4 is 45.2 Å². The molecule has 0 radical (unpaired) electrons. The lowest BCUT2D eigenvalue weighted by molar-refractivity contribution is -0.348. The molecule has 2 aromatic carbocycles. The van der Waals surface area contributed by atoms with Gasteiger partial charge in [-0.25, -0.2) is 9.37 Å². The van der Waals surface area contributed by atoms with Crippen LogP contribution in [0.3, 0.4) is 0 Å². The Morgan fingerprint density at radius 2 is 1.39 bits per heavy atom. The average molecular weight is 616 g/mol. The molecular weight excluding hydrogens is 595 g/mol. The molecule has 0 aliphatic rings. The highest BCUT2D eigenvalue weighted by Crippen LogP contribution is 2.53. The third kappa shape index (κ3) is 5.84. The van der Waals surface area contributed by atoms with Gasteiger partial charge in [-0.3, -0.25) is 9.59 Å². The Morgan fingerprint density at radius 1 is 0.805 bits per heavy atom. The number of nitrogens with one attached hydrogen (secondary N) is 2. The lowest BCUT2D eigenvalue weighted by atomic mass is 9.90. The number of thiazole rings is 1. The minimum Gasteiger partial charge on any atom is -0.321 e. The van der Waals surface area contributed by atoms with Crippen molar-refractivity contribution in [3.05, 3.63) is 86.7 Å². The average Bonchev–Trinajstić information content (AvgIpc) is 3.51. The molecule has 0 saturated heterocycles. The van der Waals surface area contributed by atoms with E-state index in [1.54, 1.807) is 6.92 Å². The predicted molar refractivity (Wildman–Crippen MR) is 143 cm³/mol. The molecule has 4 rings (SSSR count). The molecule has 2 amide bonds. The Balaban J connectivity index is 1.51. The molecule has 14 heteroatoms. The van der Waals surface area contributed by atoms with Crippen LogP contribution in [-0.4, -0.2) is 29.2 Å². The molecule has 0 aliphatic carbocycles. The van der Waals surface area contributed by atoms with Crippen molar-refractivity contribution in [3.63, 3.8) is 0 Å². The third-order valence-electron chi connectivity index (χ3n) is 6.07. The van der Waals surface area contributed by atoms with Crippen LogP contribution in [0.2, 0.25) is 0 Å². The molecule has 2 N–H and O–H groups in total. The highest BCUT2D eigenvalue weighted by molar-refractivity contribution is 7.17. The van der Waals surface area contributed by atoms with E-state index in [1.807, 2.05) is 30.3 Å². The maximum Gasteiger partial charge on any atom is 0.435 e. The van der Waals surface area contributed by atoms with Crippen LogP contribution in [0.1, 0.15) is 42.4 Å². The Morgan fingerprint density at radius 3 is 1.95 bits per heavy atom. The van der Waals surface area contributed by atoms with Gasteiger partial charge in [-0.15, -0.1) is 22.7 Å². The van der Waals surface area contributed by atoms with Gasteiger partial charge in [0.25, 0.3) is 11.8 Å². The van der Waals surface area contributed by atoms with Crippen molar-refractivity contribution in [2.75, 3.05) is 10.6 Å². The van der Waals surface area contributed by atoms with Crippen LogP contribution in [0.25, 0.3) is 10.6 Å². The van der Waals surface area contributed by atoms with E-state index >= 15 is 0 Å². The molecule has 0 saturated carbocycles. The fourth-order valence-corrected chi connectivity index (χ4v) is 5.78. The number of hydrogen-bond acceptors (Lipinski definition) is 5. The fourth-order valence-electron chi connectivity index (χ4n) is 4.03. The van der Waals surface area contributed by atoms with E-state index in [4.69, 9.17) is 0 Å². The van der Waals surface area contributed by atoms with Crippen LogP contribution in [0.15, 0.2) is 53.9 Å². The standard InChI is InChI=1S/C27H20F7N3O2S2/c1-13-9-18(25(28,26(29,30)31)27(32,33)34)10-14(2)20(13)37-22(38)17-11-19(40-12-17)36-23(39)21-15(3)35-24(41-21)16-7-5-4-6-8-16/h4-12H,1-3H3,(H,36,39)(H,37,38). The first-order chi connectivity index (χ1) is 19.0. The van der Waals surface area contributed by atoms with E-state index in [9.17, 15) is 40.3 Å². The molecule has 41 heavy (non-hydrogen) atoms. The second kappa shape index (κ2) is 10.9. The quantitative estimate of drug-likeness (QED) is 0.214. The van der Waals surface area contributed by atoms with Crippen LogP contribution in [-0.2, 0) is 5.67 Å². The number of nitrogens with zero attached hydrogens (tertiary/aromatic N) is 1. The van der Waals surface area contributed by atoms with E-state index < -0.39 is 35.4 Å². The Labute approximate surface area is 237 Å². The lowest BCUT2D eigenvalue weighted by Gasteiger charge is -2.31. The van der Waals surface area contributed by atoms with E-state index in [1.165, 1.54) is 22.8 Å². The maximum absolute atomic E-state index is 14.5. The van der Waals surface area contributed by atoms with E-state index in [2.05, 4.69) is 15.6 Å². The molecule has 0 unspecified atom stereocenters. The molecule has 216 valence electrons. The molecule has 2 aromatic heterocycles. The molecule has 0 spiro atoms. The van der Waals surface area contributed by atoms with Gasteiger partial charge in [-0.05, 0) is 38.0 Å². The Hall–Kier alpha value is -3.78. The van der Waals surface area contributed by atoms with Crippen LogP contribution >= 0.6 is 22.7 Å².